The van der Waals surface area contributed by atoms with Gasteiger partial charge in [-0.25, -0.2) is 0 Å². The highest BCUT2D eigenvalue weighted by molar-refractivity contribution is 4.93. The molecular formula is C9H17N. The highest BCUT2D eigenvalue weighted by atomic mass is 15.2. The number of rotatable bonds is 0. The van der Waals surface area contributed by atoms with Crippen molar-refractivity contribution < 1.29 is 0 Å². The Morgan fingerprint density at radius 1 is 1.20 bits per heavy atom. The molecule has 1 aliphatic carbocycles. The van der Waals surface area contributed by atoms with Crippen LogP contribution in [0.25, 0.3) is 0 Å². The summed E-state index contributed by atoms with van der Waals surface area (Å²) >= 11 is 0. The Morgan fingerprint density at radius 3 is 2.50 bits per heavy atom. The van der Waals surface area contributed by atoms with Crippen LogP contribution in [0.15, 0.2) is 0 Å². The van der Waals surface area contributed by atoms with Crippen molar-refractivity contribution in [1.29, 1.82) is 0 Å². The van der Waals surface area contributed by atoms with E-state index in [0.717, 1.165) is 17.9 Å². The first-order chi connectivity index (χ1) is 4.79. The van der Waals surface area contributed by atoms with Gasteiger partial charge in [-0.05, 0) is 44.7 Å². The van der Waals surface area contributed by atoms with E-state index in [0.29, 0.717) is 0 Å². The molecule has 0 amide bonds. The SMILES string of the molecule is CC1CCN(C)C2CCC12. The molecule has 10 heavy (non-hydrogen) atoms. The highest BCUT2D eigenvalue weighted by Crippen LogP contribution is 2.41. The Morgan fingerprint density at radius 2 is 2.00 bits per heavy atom. The fourth-order valence-corrected chi connectivity index (χ4v) is 2.51. The Balaban J connectivity index is 2.02. The van der Waals surface area contributed by atoms with Crippen molar-refractivity contribution in [2.45, 2.75) is 32.2 Å². The first kappa shape index (κ1) is 6.66. The van der Waals surface area contributed by atoms with Crippen LogP contribution in [0.5, 0.6) is 0 Å². The molecule has 1 heterocycles. The van der Waals surface area contributed by atoms with Crippen LogP contribution < -0.4 is 0 Å². The van der Waals surface area contributed by atoms with Crippen molar-refractivity contribution in [3.8, 4) is 0 Å². The first-order valence-electron chi connectivity index (χ1n) is 4.49. The van der Waals surface area contributed by atoms with Gasteiger partial charge in [-0.1, -0.05) is 6.92 Å². The van der Waals surface area contributed by atoms with E-state index in [1.54, 1.807) is 0 Å². The summed E-state index contributed by atoms with van der Waals surface area (Å²) in [6.45, 7) is 3.76. The molecule has 2 rings (SSSR count). The van der Waals surface area contributed by atoms with Crippen molar-refractivity contribution >= 4 is 0 Å². The van der Waals surface area contributed by atoms with Crippen molar-refractivity contribution in [2.24, 2.45) is 11.8 Å². The standard InChI is InChI=1S/C9H17N/c1-7-5-6-10(2)9-4-3-8(7)9/h7-9H,3-6H2,1-2H3. The normalized spacial score (nSPS) is 48.0. The van der Waals surface area contributed by atoms with Crippen LogP contribution in [0, 0.1) is 11.8 Å². The second-order valence-corrected chi connectivity index (χ2v) is 4.06. The zero-order valence-corrected chi connectivity index (χ0v) is 7.01. The summed E-state index contributed by atoms with van der Waals surface area (Å²) in [7, 11) is 2.28. The number of fused-ring (bicyclic) bond motifs is 1. The molecule has 0 aromatic heterocycles. The van der Waals surface area contributed by atoms with Crippen LogP contribution in [0.3, 0.4) is 0 Å². The number of piperidine rings is 1. The van der Waals surface area contributed by atoms with Crippen LogP contribution in [0.4, 0.5) is 0 Å². The van der Waals surface area contributed by atoms with Gasteiger partial charge in [0, 0.05) is 6.04 Å². The van der Waals surface area contributed by atoms with Crippen LogP contribution >= 0.6 is 0 Å². The topological polar surface area (TPSA) is 3.24 Å². The molecule has 3 atom stereocenters. The molecule has 1 saturated carbocycles. The third-order valence-electron chi connectivity index (χ3n) is 3.52. The number of likely N-dealkylation sites (tertiary alicyclic amines) is 1. The minimum atomic E-state index is 0.962. The molecule has 0 N–H and O–H groups in total. The highest BCUT2D eigenvalue weighted by Gasteiger charge is 2.40. The maximum atomic E-state index is 2.55. The average molecular weight is 139 g/mol. The van der Waals surface area contributed by atoms with Crippen molar-refractivity contribution in [3.63, 3.8) is 0 Å². The Bertz CT molecular complexity index is 117. The van der Waals surface area contributed by atoms with Crippen molar-refractivity contribution in [1.82, 2.24) is 4.90 Å². The lowest BCUT2D eigenvalue weighted by molar-refractivity contribution is 0.00229. The van der Waals surface area contributed by atoms with E-state index in [4.69, 9.17) is 0 Å². The third kappa shape index (κ3) is 0.800. The Labute approximate surface area is 63.4 Å². The minimum absolute atomic E-state index is 0.962. The zero-order chi connectivity index (χ0) is 7.14. The maximum absolute atomic E-state index is 2.55. The molecule has 0 bridgehead atoms. The summed E-state index contributed by atoms with van der Waals surface area (Å²) in [5.74, 6) is 2.06. The lowest BCUT2D eigenvalue weighted by atomic mass is 9.68. The molecule has 0 radical (unpaired) electrons. The average Bonchev–Trinajstić information content (AvgIpc) is 1.78. The molecule has 0 aromatic carbocycles. The molecule has 1 nitrogen and oxygen atoms in total. The molecule has 1 saturated heterocycles. The minimum Gasteiger partial charge on any atom is -0.303 e. The van der Waals surface area contributed by atoms with E-state index in [2.05, 4.69) is 18.9 Å². The number of nitrogens with zero attached hydrogens (tertiary/aromatic N) is 1. The summed E-state index contributed by atoms with van der Waals surface area (Å²) in [6.07, 6.45) is 4.39. The molecule has 0 aromatic rings. The van der Waals surface area contributed by atoms with Gasteiger partial charge in [-0.2, -0.15) is 0 Å². The quantitative estimate of drug-likeness (QED) is 0.494. The predicted octanol–water partition coefficient (Wildman–Crippen LogP) is 1.74. The van der Waals surface area contributed by atoms with E-state index < -0.39 is 0 Å². The van der Waals surface area contributed by atoms with Gasteiger partial charge in [0.2, 0.25) is 0 Å². The molecule has 1 aliphatic heterocycles. The number of hydrogen-bond donors (Lipinski definition) is 0. The fraction of sp³-hybridized carbons (Fsp3) is 1.00. The summed E-state index contributed by atoms with van der Waals surface area (Å²) in [6, 6.07) is 0.962. The molecule has 2 aliphatic rings. The van der Waals surface area contributed by atoms with E-state index in [9.17, 15) is 0 Å². The van der Waals surface area contributed by atoms with Gasteiger partial charge in [-0.15, -0.1) is 0 Å². The van der Waals surface area contributed by atoms with Crippen molar-refractivity contribution in [2.75, 3.05) is 13.6 Å². The molecule has 1 heteroatoms. The molecule has 3 unspecified atom stereocenters. The molecular weight excluding hydrogens is 122 g/mol. The van der Waals surface area contributed by atoms with E-state index in [1.165, 1.54) is 25.8 Å². The summed E-state index contributed by atoms with van der Waals surface area (Å²) < 4.78 is 0. The largest absolute Gasteiger partial charge is 0.303 e. The molecule has 58 valence electrons. The maximum Gasteiger partial charge on any atom is 0.0123 e. The smallest absolute Gasteiger partial charge is 0.0123 e. The van der Waals surface area contributed by atoms with Gasteiger partial charge in [-0.3, -0.25) is 0 Å². The first-order valence-corrected chi connectivity index (χ1v) is 4.49. The summed E-state index contributed by atoms with van der Waals surface area (Å²) in [5.41, 5.74) is 0. The van der Waals surface area contributed by atoms with E-state index >= 15 is 0 Å². The second-order valence-electron chi connectivity index (χ2n) is 4.06. The van der Waals surface area contributed by atoms with Crippen LogP contribution in [-0.4, -0.2) is 24.5 Å². The summed E-state index contributed by atoms with van der Waals surface area (Å²) in [4.78, 5) is 2.55. The molecule has 0 spiro atoms. The van der Waals surface area contributed by atoms with Crippen molar-refractivity contribution in [3.05, 3.63) is 0 Å². The number of hydrogen-bond acceptors (Lipinski definition) is 1. The van der Waals surface area contributed by atoms with Gasteiger partial charge < -0.3 is 4.90 Å². The van der Waals surface area contributed by atoms with Crippen LogP contribution in [0.2, 0.25) is 0 Å². The Hall–Kier alpha value is -0.0400. The lowest BCUT2D eigenvalue weighted by Gasteiger charge is -2.50. The zero-order valence-electron chi connectivity index (χ0n) is 7.01. The van der Waals surface area contributed by atoms with Crippen LogP contribution in [-0.2, 0) is 0 Å². The van der Waals surface area contributed by atoms with Gasteiger partial charge in [0.05, 0.1) is 0 Å². The van der Waals surface area contributed by atoms with E-state index in [1.807, 2.05) is 0 Å². The van der Waals surface area contributed by atoms with Gasteiger partial charge >= 0.3 is 0 Å². The fourth-order valence-electron chi connectivity index (χ4n) is 2.51. The van der Waals surface area contributed by atoms with Gasteiger partial charge in [0.25, 0.3) is 0 Å². The predicted molar refractivity (Wildman–Crippen MR) is 42.9 cm³/mol. The Kier molecular flexibility index (Phi) is 1.48. The monoisotopic (exact) mass is 139 g/mol. The lowest BCUT2D eigenvalue weighted by Crippen LogP contribution is -2.52. The second kappa shape index (κ2) is 2.23. The van der Waals surface area contributed by atoms with Gasteiger partial charge in [0.15, 0.2) is 0 Å². The van der Waals surface area contributed by atoms with E-state index in [-0.39, 0.29) is 0 Å². The third-order valence-corrected chi connectivity index (χ3v) is 3.52. The summed E-state index contributed by atoms with van der Waals surface area (Å²) in [5, 5.41) is 0. The van der Waals surface area contributed by atoms with Gasteiger partial charge in [0.1, 0.15) is 0 Å². The molecule has 2 fully saturated rings. The van der Waals surface area contributed by atoms with Crippen LogP contribution in [0.1, 0.15) is 26.2 Å².